The van der Waals surface area contributed by atoms with Crippen LogP contribution in [0, 0.1) is 5.92 Å². The van der Waals surface area contributed by atoms with Crippen molar-refractivity contribution in [1.82, 2.24) is 15.1 Å². The van der Waals surface area contributed by atoms with Crippen LogP contribution in [0.15, 0.2) is 12.4 Å². The van der Waals surface area contributed by atoms with E-state index in [4.69, 9.17) is 0 Å². The Morgan fingerprint density at radius 3 is 2.68 bits per heavy atom. The number of amides is 2. The van der Waals surface area contributed by atoms with Gasteiger partial charge in [0.15, 0.2) is 0 Å². The number of carbonyl (C=O) groups excluding carboxylic acids is 2. The van der Waals surface area contributed by atoms with E-state index in [-0.39, 0.29) is 30.4 Å². The molecule has 6 nitrogen and oxygen atoms in total. The van der Waals surface area contributed by atoms with Crippen LogP contribution in [-0.4, -0.2) is 34.2 Å². The lowest BCUT2D eigenvalue weighted by Crippen LogP contribution is -2.59. The summed E-state index contributed by atoms with van der Waals surface area (Å²) < 4.78 is 1.79. The van der Waals surface area contributed by atoms with Gasteiger partial charge < -0.3 is 5.32 Å². The zero-order chi connectivity index (χ0) is 13.6. The molecule has 1 saturated heterocycles. The highest BCUT2D eigenvalue weighted by molar-refractivity contribution is 6.06. The third kappa shape index (κ3) is 2.22. The summed E-state index contributed by atoms with van der Waals surface area (Å²) in [5, 5.41) is 7.03. The van der Waals surface area contributed by atoms with Crippen LogP contribution in [0.4, 0.5) is 5.69 Å². The van der Waals surface area contributed by atoms with Gasteiger partial charge in [-0.2, -0.15) is 5.10 Å². The molecule has 1 aliphatic carbocycles. The van der Waals surface area contributed by atoms with E-state index in [0.29, 0.717) is 11.6 Å². The van der Waals surface area contributed by atoms with E-state index in [1.165, 1.54) is 0 Å². The predicted octanol–water partition coefficient (Wildman–Crippen LogP) is 0.705. The van der Waals surface area contributed by atoms with E-state index in [2.05, 4.69) is 10.4 Å². The van der Waals surface area contributed by atoms with Gasteiger partial charge in [0.05, 0.1) is 11.9 Å². The van der Waals surface area contributed by atoms with Crippen molar-refractivity contribution < 1.29 is 9.59 Å². The molecule has 0 radical (unpaired) electrons. The summed E-state index contributed by atoms with van der Waals surface area (Å²) in [4.78, 5) is 25.7. The van der Waals surface area contributed by atoms with Crippen molar-refractivity contribution in [2.45, 2.75) is 38.8 Å². The second kappa shape index (κ2) is 4.36. The normalized spacial score (nSPS) is 23.9. The standard InChI is InChI=1S/C13H18N4O2/c1-8(2)17-6-10(5-14-17)16-7-11(18)15-12(13(16)19)9-3-4-9/h5-6,8-9,12H,3-4,7H2,1-2H3,(H,15,18). The summed E-state index contributed by atoms with van der Waals surface area (Å²) in [6, 6.07) is -0.106. The number of carbonyl (C=O) groups is 2. The highest BCUT2D eigenvalue weighted by Gasteiger charge is 2.43. The molecule has 1 aliphatic heterocycles. The number of nitrogens with one attached hydrogen (secondary N) is 1. The van der Waals surface area contributed by atoms with Gasteiger partial charge in [0, 0.05) is 12.2 Å². The second-order valence-corrected chi connectivity index (χ2v) is 5.58. The van der Waals surface area contributed by atoms with Gasteiger partial charge in [-0.25, -0.2) is 0 Å². The first kappa shape index (κ1) is 12.2. The van der Waals surface area contributed by atoms with Crippen molar-refractivity contribution in [1.29, 1.82) is 0 Å². The Balaban J connectivity index is 1.84. The second-order valence-electron chi connectivity index (χ2n) is 5.58. The SMILES string of the molecule is CC(C)n1cc(N2CC(=O)NC(C3CC3)C2=O)cn1. The predicted molar refractivity (Wildman–Crippen MR) is 69.6 cm³/mol. The van der Waals surface area contributed by atoms with Crippen molar-refractivity contribution in [3.8, 4) is 0 Å². The molecule has 0 spiro atoms. The van der Waals surface area contributed by atoms with Crippen LogP contribution in [0.1, 0.15) is 32.7 Å². The maximum Gasteiger partial charge on any atom is 0.250 e. The molecule has 0 aromatic carbocycles. The van der Waals surface area contributed by atoms with Gasteiger partial charge >= 0.3 is 0 Å². The van der Waals surface area contributed by atoms with Crippen molar-refractivity contribution in [2.75, 3.05) is 11.4 Å². The summed E-state index contributed by atoms with van der Waals surface area (Å²) in [6.07, 6.45) is 5.52. The molecule has 1 unspecified atom stereocenters. The molecule has 2 amide bonds. The Morgan fingerprint density at radius 1 is 1.37 bits per heavy atom. The number of nitrogens with zero attached hydrogens (tertiary/aromatic N) is 3. The fourth-order valence-corrected chi connectivity index (χ4v) is 2.39. The number of piperazine rings is 1. The number of hydrogen-bond acceptors (Lipinski definition) is 3. The highest BCUT2D eigenvalue weighted by Crippen LogP contribution is 2.35. The van der Waals surface area contributed by atoms with E-state index in [1.807, 2.05) is 20.0 Å². The summed E-state index contributed by atoms with van der Waals surface area (Å²) in [5.41, 5.74) is 0.708. The number of hydrogen-bond donors (Lipinski definition) is 1. The van der Waals surface area contributed by atoms with Gasteiger partial charge in [0.25, 0.3) is 0 Å². The summed E-state index contributed by atoms with van der Waals surface area (Å²) in [5.74, 6) is 0.221. The summed E-state index contributed by atoms with van der Waals surface area (Å²) >= 11 is 0. The molecule has 2 aliphatic rings. The van der Waals surface area contributed by atoms with Crippen LogP contribution in [0.25, 0.3) is 0 Å². The first-order valence-electron chi connectivity index (χ1n) is 6.71. The lowest BCUT2D eigenvalue weighted by molar-refractivity contribution is -0.131. The lowest BCUT2D eigenvalue weighted by Gasteiger charge is -2.31. The van der Waals surface area contributed by atoms with Crippen molar-refractivity contribution in [2.24, 2.45) is 5.92 Å². The van der Waals surface area contributed by atoms with Crippen molar-refractivity contribution >= 4 is 17.5 Å². The maximum atomic E-state index is 12.4. The Labute approximate surface area is 111 Å². The minimum atomic E-state index is -0.344. The van der Waals surface area contributed by atoms with Crippen LogP contribution < -0.4 is 10.2 Å². The molecule has 1 atom stereocenters. The zero-order valence-electron chi connectivity index (χ0n) is 11.2. The molecule has 1 saturated carbocycles. The van der Waals surface area contributed by atoms with Crippen LogP contribution in [0.3, 0.4) is 0 Å². The van der Waals surface area contributed by atoms with Crippen LogP contribution >= 0.6 is 0 Å². The van der Waals surface area contributed by atoms with Gasteiger partial charge in [0.1, 0.15) is 12.6 Å². The number of aromatic nitrogens is 2. The molecule has 0 bridgehead atoms. The molecule has 2 heterocycles. The van der Waals surface area contributed by atoms with E-state index in [0.717, 1.165) is 12.8 Å². The van der Waals surface area contributed by atoms with Gasteiger partial charge in [-0.15, -0.1) is 0 Å². The monoisotopic (exact) mass is 262 g/mol. The molecule has 1 aromatic heterocycles. The van der Waals surface area contributed by atoms with Crippen molar-refractivity contribution in [3.63, 3.8) is 0 Å². The van der Waals surface area contributed by atoms with E-state index in [9.17, 15) is 9.59 Å². The van der Waals surface area contributed by atoms with E-state index >= 15 is 0 Å². The van der Waals surface area contributed by atoms with Gasteiger partial charge in [-0.05, 0) is 32.6 Å². The van der Waals surface area contributed by atoms with Gasteiger partial charge in [-0.3, -0.25) is 19.2 Å². The molecule has 2 fully saturated rings. The Kier molecular flexibility index (Phi) is 2.80. The zero-order valence-corrected chi connectivity index (χ0v) is 11.2. The minimum Gasteiger partial charge on any atom is -0.342 e. The average molecular weight is 262 g/mol. The number of rotatable bonds is 3. The molecule has 6 heteroatoms. The molecular formula is C13H18N4O2. The molecule has 1 N–H and O–H groups in total. The fraction of sp³-hybridized carbons (Fsp3) is 0.615. The Bertz CT molecular complexity index is 518. The van der Waals surface area contributed by atoms with Crippen LogP contribution in [0.2, 0.25) is 0 Å². The molecule has 3 rings (SSSR count). The van der Waals surface area contributed by atoms with E-state index in [1.54, 1.807) is 15.8 Å². The summed E-state index contributed by atoms with van der Waals surface area (Å²) in [7, 11) is 0. The van der Waals surface area contributed by atoms with Crippen LogP contribution in [-0.2, 0) is 9.59 Å². The summed E-state index contributed by atoms with van der Waals surface area (Å²) in [6.45, 7) is 4.13. The molecule has 1 aromatic rings. The average Bonchev–Trinajstić information content (AvgIpc) is 3.08. The topological polar surface area (TPSA) is 67.2 Å². The molecular weight excluding hydrogens is 244 g/mol. The van der Waals surface area contributed by atoms with Gasteiger partial charge in [-0.1, -0.05) is 0 Å². The highest BCUT2D eigenvalue weighted by atomic mass is 16.2. The first-order valence-corrected chi connectivity index (χ1v) is 6.71. The smallest absolute Gasteiger partial charge is 0.250 e. The fourth-order valence-electron chi connectivity index (χ4n) is 2.39. The van der Waals surface area contributed by atoms with Crippen molar-refractivity contribution in [3.05, 3.63) is 12.4 Å². The Morgan fingerprint density at radius 2 is 2.11 bits per heavy atom. The maximum absolute atomic E-state index is 12.4. The molecule has 19 heavy (non-hydrogen) atoms. The Hall–Kier alpha value is -1.85. The van der Waals surface area contributed by atoms with Gasteiger partial charge in [0.2, 0.25) is 11.8 Å². The lowest BCUT2D eigenvalue weighted by atomic mass is 10.1. The first-order chi connectivity index (χ1) is 9.06. The minimum absolute atomic E-state index is 0.00888. The third-order valence-corrected chi connectivity index (χ3v) is 3.67. The molecule has 102 valence electrons. The largest absolute Gasteiger partial charge is 0.342 e. The van der Waals surface area contributed by atoms with E-state index < -0.39 is 0 Å². The quantitative estimate of drug-likeness (QED) is 0.872. The third-order valence-electron chi connectivity index (χ3n) is 3.67. The van der Waals surface area contributed by atoms with Crippen LogP contribution in [0.5, 0.6) is 0 Å². The number of anilines is 1.